The molecule has 4 atom stereocenters. The molecule has 1 aromatic carbocycles. The second-order valence-corrected chi connectivity index (χ2v) is 7.41. The molecule has 0 saturated carbocycles. The number of aromatic nitrogens is 4. The number of hydrogen-bond donors (Lipinski definition) is 1. The van der Waals surface area contributed by atoms with Crippen LogP contribution in [0.5, 0.6) is 0 Å². The number of amides is 1. The number of nitrogens with one attached hydrogen (secondary N) is 1. The zero-order chi connectivity index (χ0) is 19.8. The van der Waals surface area contributed by atoms with Gasteiger partial charge in [-0.15, -0.1) is 5.10 Å². The molecule has 2 aliphatic rings. The van der Waals surface area contributed by atoms with Gasteiger partial charge in [-0.1, -0.05) is 29.0 Å². The highest BCUT2D eigenvalue weighted by molar-refractivity contribution is 5.94. The van der Waals surface area contributed by atoms with Crippen LogP contribution in [0.15, 0.2) is 54.9 Å². The Balaban J connectivity index is 1.27. The lowest BCUT2D eigenvalue weighted by molar-refractivity contribution is 0.0613. The summed E-state index contributed by atoms with van der Waals surface area (Å²) in [5.41, 5.74) is 3.22. The molecule has 5 rings (SSSR count). The van der Waals surface area contributed by atoms with Gasteiger partial charge in [0.1, 0.15) is 23.9 Å². The summed E-state index contributed by atoms with van der Waals surface area (Å²) in [6.45, 7) is 2.86. The van der Waals surface area contributed by atoms with Gasteiger partial charge in [-0.3, -0.25) is 9.78 Å². The van der Waals surface area contributed by atoms with Crippen molar-refractivity contribution in [3.05, 3.63) is 66.0 Å². The van der Waals surface area contributed by atoms with Crippen molar-refractivity contribution < 1.29 is 14.3 Å². The first-order chi connectivity index (χ1) is 14.2. The Morgan fingerprint density at radius 2 is 1.90 bits per heavy atom. The summed E-state index contributed by atoms with van der Waals surface area (Å²) in [6, 6.07) is 12.9. The Morgan fingerprint density at radius 3 is 2.69 bits per heavy atom. The SMILES string of the molecule is Cc1ccc(C(=O)N[C@H]2CO[C@H]3[C@@H]2OC[C@@H]3n2cc(-c3ccccn3)nn2)cc1. The third kappa shape index (κ3) is 3.41. The molecule has 1 amide bonds. The number of carbonyl (C=O) groups is 1. The Labute approximate surface area is 167 Å². The lowest BCUT2D eigenvalue weighted by atomic mass is 10.1. The normalized spacial score (nSPS) is 25.7. The van der Waals surface area contributed by atoms with Crippen LogP contribution in [0.2, 0.25) is 0 Å². The number of benzene rings is 1. The van der Waals surface area contributed by atoms with Gasteiger partial charge in [-0.05, 0) is 31.2 Å². The van der Waals surface area contributed by atoms with E-state index in [4.69, 9.17) is 9.47 Å². The number of hydrogen-bond acceptors (Lipinski definition) is 6. The van der Waals surface area contributed by atoms with Crippen molar-refractivity contribution in [3.8, 4) is 11.4 Å². The minimum Gasteiger partial charge on any atom is -0.371 e. The standard InChI is InChI=1S/C21H21N5O3/c1-13-5-7-14(8-6-13)21(27)23-17-11-28-20-18(12-29-19(17)20)26-10-16(24-25-26)15-4-2-3-9-22-15/h2-10,17-20H,11-12H2,1H3,(H,23,27)/t17-,18-,19+,20+/m0/s1. The fraction of sp³-hybridized carbons (Fsp3) is 0.333. The number of aryl methyl sites for hydroxylation is 1. The molecule has 0 bridgehead atoms. The quantitative estimate of drug-likeness (QED) is 0.729. The maximum absolute atomic E-state index is 12.6. The summed E-state index contributed by atoms with van der Waals surface area (Å²) in [7, 11) is 0. The van der Waals surface area contributed by atoms with Crippen LogP contribution < -0.4 is 5.32 Å². The van der Waals surface area contributed by atoms with Gasteiger partial charge in [0.2, 0.25) is 0 Å². The Bertz CT molecular complexity index is 1000. The highest BCUT2D eigenvalue weighted by Gasteiger charge is 2.49. The molecule has 1 N–H and O–H groups in total. The van der Waals surface area contributed by atoms with Crippen LogP contribution >= 0.6 is 0 Å². The molecule has 29 heavy (non-hydrogen) atoms. The second kappa shape index (κ2) is 7.38. The average molecular weight is 391 g/mol. The van der Waals surface area contributed by atoms with Crippen molar-refractivity contribution in [2.45, 2.75) is 31.2 Å². The van der Waals surface area contributed by atoms with Crippen molar-refractivity contribution in [1.82, 2.24) is 25.3 Å². The van der Waals surface area contributed by atoms with E-state index in [0.717, 1.165) is 11.3 Å². The molecule has 0 unspecified atom stereocenters. The maximum atomic E-state index is 12.6. The smallest absolute Gasteiger partial charge is 0.251 e. The van der Waals surface area contributed by atoms with Crippen LogP contribution in [-0.2, 0) is 9.47 Å². The van der Waals surface area contributed by atoms with Crippen LogP contribution in [0, 0.1) is 6.92 Å². The summed E-state index contributed by atoms with van der Waals surface area (Å²) < 4.78 is 13.7. The van der Waals surface area contributed by atoms with Crippen molar-refractivity contribution in [3.63, 3.8) is 0 Å². The van der Waals surface area contributed by atoms with E-state index in [-0.39, 0.29) is 30.2 Å². The molecule has 3 aromatic rings. The molecule has 0 aliphatic carbocycles. The van der Waals surface area contributed by atoms with Crippen LogP contribution in [0.4, 0.5) is 0 Å². The van der Waals surface area contributed by atoms with Gasteiger partial charge in [0.15, 0.2) is 0 Å². The van der Waals surface area contributed by atoms with Crippen molar-refractivity contribution >= 4 is 5.91 Å². The van der Waals surface area contributed by atoms with Gasteiger partial charge in [0.25, 0.3) is 5.91 Å². The number of ether oxygens (including phenoxy) is 2. The summed E-state index contributed by atoms with van der Waals surface area (Å²) in [4.78, 5) is 16.9. The third-order valence-electron chi connectivity index (χ3n) is 5.43. The molecule has 2 saturated heterocycles. The lowest BCUT2D eigenvalue weighted by Gasteiger charge is -2.18. The van der Waals surface area contributed by atoms with Gasteiger partial charge in [0.05, 0.1) is 31.1 Å². The minimum absolute atomic E-state index is 0.0914. The Morgan fingerprint density at radius 1 is 1.07 bits per heavy atom. The molecule has 8 nitrogen and oxygen atoms in total. The van der Waals surface area contributed by atoms with Crippen LogP contribution in [0.25, 0.3) is 11.4 Å². The summed E-state index contributed by atoms with van der Waals surface area (Å²) in [6.07, 6.45) is 3.19. The van der Waals surface area contributed by atoms with Crippen molar-refractivity contribution in [2.75, 3.05) is 13.2 Å². The number of rotatable bonds is 4. The van der Waals surface area contributed by atoms with E-state index in [1.54, 1.807) is 10.9 Å². The van der Waals surface area contributed by atoms with Gasteiger partial charge >= 0.3 is 0 Å². The van der Waals surface area contributed by atoms with Gasteiger partial charge < -0.3 is 14.8 Å². The average Bonchev–Trinajstić information content (AvgIpc) is 3.46. The van der Waals surface area contributed by atoms with Crippen LogP contribution in [-0.4, -0.2) is 57.3 Å². The molecule has 4 heterocycles. The molecule has 2 aliphatic heterocycles. The zero-order valence-corrected chi connectivity index (χ0v) is 15.9. The highest BCUT2D eigenvalue weighted by Crippen LogP contribution is 2.34. The van der Waals surface area contributed by atoms with E-state index in [2.05, 4.69) is 20.6 Å². The van der Waals surface area contributed by atoms with Crippen molar-refractivity contribution in [1.29, 1.82) is 0 Å². The van der Waals surface area contributed by atoms with E-state index in [1.807, 2.05) is 55.6 Å². The van der Waals surface area contributed by atoms with Gasteiger partial charge in [-0.25, -0.2) is 4.68 Å². The number of nitrogens with zero attached hydrogens (tertiary/aromatic N) is 4. The monoisotopic (exact) mass is 391 g/mol. The fourth-order valence-electron chi connectivity index (χ4n) is 3.86. The van der Waals surface area contributed by atoms with Crippen LogP contribution in [0.3, 0.4) is 0 Å². The molecule has 0 radical (unpaired) electrons. The third-order valence-corrected chi connectivity index (χ3v) is 5.43. The van der Waals surface area contributed by atoms with Gasteiger partial charge in [0, 0.05) is 11.8 Å². The maximum Gasteiger partial charge on any atom is 0.251 e. The number of carbonyl (C=O) groups excluding carboxylic acids is 1. The minimum atomic E-state index is -0.211. The molecular formula is C21H21N5O3. The van der Waals surface area contributed by atoms with E-state index in [0.29, 0.717) is 24.5 Å². The predicted molar refractivity (Wildman–Crippen MR) is 104 cm³/mol. The zero-order valence-electron chi connectivity index (χ0n) is 15.9. The van der Waals surface area contributed by atoms with Gasteiger partial charge in [-0.2, -0.15) is 0 Å². The molecular weight excluding hydrogens is 370 g/mol. The summed E-state index contributed by atoms with van der Waals surface area (Å²) >= 11 is 0. The second-order valence-electron chi connectivity index (χ2n) is 7.41. The van der Waals surface area contributed by atoms with E-state index in [1.165, 1.54) is 0 Å². The molecule has 8 heteroatoms. The fourth-order valence-corrected chi connectivity index (χ4v) is 3.86. The summed E-state index contributed by atoms with van der Waals surface area (Å²) in [5.74, 6) is -0.121. The Kier molecular flexibility index (Phi) is 4.57. The number of pyridine rings is 1. The van der Waals surface area contributed by atoms with E-state index in [9.17, 15) is 4.79 Å². The number of fused-ring (bicyclic) bond motifs is 1. The van der Waals surface area contributed by atoms with Crippen molar-refractivity contribution in [2.24, 2.45) is 0 Å². The molecule has 0 spiro atoms. The first-order valence-electron chi connectivity index (χ1n) is 9.63. The highest BCUT2D eigenvalue weighted by atomic mass is 16.6. The first-order valence-corrected chi connectivity index (χ1v) is 9.63. The predicted octanol–water partition coefficient (Wildman–Crippen LogP) is 1.79. The summed E-state index contributed by atoms with van der Waals surface area (Å²) in [5, 5.41) is 11.5. The topological polar surface area (TPSA) is 91.2 Å². The lowest BCUT2D eigenvalue weighted by Crippen LogP contribution is -2.44. The first kappa shape index (κ1) is 18.0. The molecule has 2 aromatic heterocycles. The molecule has 2 fully saturated rings. The Hall–Kier alpha value is -3.10. The largest absolute Gasteiger partial charge is 0.371 e. The van der Waals surface area contributed by atoms with E-state index < -0.39 is 0 Å². The van der Waals surface area contributed by atoms with Crippen LogP contribution in [0.1, 0.15) is 22.0 Å². The molecule has 148 valence electrons. The van der Waals surface area contributed by atoms with E-state index >= 15 is 0 Å².